The van der Waals surface area contributed by atoms with Crippen molar-refractivity contribution in [3.8, 4) is 11.4 Å². The molecule has 0 spiro atoms. The maximum atomic E-state index is 13.4. The fourth-order valence-electron chi connectivity index (χ4n) is 5.24. The highest BCUT2D eigenvalue weighted by Crippen LogP contribution is 2.34. The number of carbonyl (C=O) groups excluding carboxylic acids is 2. The van der Waals surface area contributed by atoms with Crippen LogP contribution in [0.1, 0.15) is 73.2 Å². The molecule has 35 heavy (non-hydrogen) atoms. The van der Waals surface area contributed by atoms with Gasteiger partial charge < -0.3 is 19.5 Å². The Bertz CT molecular complexity index is 1090. The lowest BCUT2D eigenvalue weighted by Gasteiger charge is -2.38. The van der Waals surface area contributed by atoms with E-state index >= 15 is 0 Å². The van der Waals surface area contributed by atoms with E-state index in [2.05, 4.69) is 20.0 Å². The zero-order valence-corrected chi connectivity index (χ0v) is 19.1. The minimum atomic E-state index is -4.74. The van der Waals surface area contributed by atoms with Gasteiger partial charge in [0, 0.05) is 30.3 Å². The normalized spacial score (nSPS) is 25.3. The lowest BCUT2D eigenvalue weighted by molar-refractivity contribution is -0.159. The lowest BCUT2D eigenvalue weighted by Crippen LogP contribution is -2.55. The van der Waals surface area contributed by atoms with E-state index in [0.29, 0.717) is 25.1 Å². The molecule has 1 aliphatic carbocycles. The molecule has 0 bridgehead atoms. The maximum absolute atomic E-state index is 13.4. The van der Waals surface area contributed by atoms with Crippen LogP contribution in [0, 0.1) is 0 Å². The molecule has 3 atom stereocenters. The number of nitrogens with zero attached hydrogens (tertiary/aromatic N) is 3. The van der Waals surface area contributed by atoms with Crippen LogP contribution in [0.3, 0.4) is 0 Å². The zero-order chi connectivity index (χ0) is 24.6. The Morgan fingerprint density at radius 3 is 2.69 bits per heavy atom. The number of fused-ring (bicyclic) bond motifs is 1. The summed E-state index contributed by atoms with van der Waals surface area (Å²) in [4.78, 5) is 31.5. The monoisotopic (exact) mass is 492 g/mol. The van der Waals surface area contributed by atoms with Gasteiger partial charge in [-0.05, 0) is 37.3 Å². The molecular formula is C24H27F3N4O4. The van der Waals surface area contributed by atoms with Gasteiger partial charge in [0.05, 0.1) is 6.04 Å². The molecule has 3 aliphatic rings. The molecule has 1 N–H and O–H groups in total. The molecule has 2 amide bonds. The first-order chi connectivity index (χ1) is 16.8. The van der Waals surface area contributed by atoms with Crippen LogP contribution < -0.4 is 5.32 Å². The number of benzene rings is 1. The summed E-state index contributed by atoms with van der Waals surface area (Å²) < 4.78 is 48.5. The maximum Gasteiger partial charge on any atom is 0.471 e. The second-order valence-corrected chi connectivity index (χ2v) is 9.40. The summed E-state index contributed by atoms with van der Waals surface area (Å²) in [6, 6.07) is 4.47. The lowest BCUT2D eigenvalue weighted by atomic mass is 9.89. The van der Waals surface area contributed by atoms with Gasteiger partial charge in [-0.3, -0.25) is 9.59 Å². The molecule has 2 fully saturated rings. The zero-order valence-electron chi connectivity index (χ0n) is 19.1. The fraction of sp³-hybridized carbons (Fsp3) is 0.583. The van der Waals surface area contributed by atoms with Crippen molar-refractivity contribution in [1.29, 1.82) is 0 Å². The largest absolute Gasteiger partial charge is 0.471 e. The van der Waals surface area contributed by atoms with Crippen molar-refractivity contribution in [3.63, 3.8) is 0 Å². The highest BCUT2D eigenvalue weighted by molar-refractivity contribution is 5.99. The third kappa shape index (κ3) is 4.91. The second-order valence-electron chi connectivity index (χ2n) is 9.40. The Kier molecular flexibility index (Phi) is 6.52. The number of aromatic nitrogens is 2. The molecule has 8 nitrogen and oxygen atoms in total. The number of rotatable bonds is 4. The Hall–Kier alpha value is -2.95. The van der Waals surface area contributed by atoms with Crippen molar-refractivity contribution in [2.45, 2.75) is 82.3 Å². The Morgan fingerprint density at radius 1 is 1.09 bits per heavy atom. The van der Waals surface area contributed by atoms with Gasteiger partial charge in [-0.2, -0.15) is 18.2 Å². The van der Waals surface area contributed by atoms with Crippen molar-refractivity contribution in [2.24, 2.45) is 0 Å². The molecule has 3 heterocycles. The quantitative estimate of drug-likeness (QED) is 0.690. The molecule has 1 aromatic carbocycles. The van der Waals surface area contributed by atoms with E-state index in [-0.39, 0.29) is 35.3 Å². The number of ether oxygens (including phenoxy) is 1. The first-order valence-corrected chi connectivity index (χ1v) is 12.1. The van der Waals surface area contributed by atoms with E-state index < -0.39 is 18.2 Å². The summed E-state index contributed by atoms with van der Waals surface area (Å²) >= 11 is 0. The number of alkyl halides is 3. The standard InChI is InChI=1S/C24H27F3N4O4/c25-24(26,27)23-29-20(30-35-23)14-9-10-15-13-31(22(33)16(15)12-14)18-7-4-3-6-17(18)28-21(32)19-8-2-1-5-11-34-19/h9-10,12,17-19H,1-8,11,13H2,(H,28,32)/t17-,18-,19?/m1/s1. The first-order valence-electron chi connectivity index (χ1n) is 12.1. The minimum Gasteiger partial charge on any atom is -0.368 e. The summed E-state index contributed by atoms with van der Waals surface area (Å²) in [5, 5.41) is 6.57. The summed E-state index contributed by atoms with van der Waals surface area (Å²) in [6.07, 6.45) is 1.93. The molecule has 1 unspecified atom stereocenters. The van der Waals surface area contributed by atoms with Gasteiger partial charge in [0.2, 0.25) is 11.7 Å². The number of nitrogens with one attached hydrogen (secondary N) is 1. The number of amides is 2. The number of carbonyl (C=O) groups is 2. The molecule has 188 valence electrons. The summed E-state index contributed by atoms with van der Waals surface area (Å²) in [5.74, 6) is -1.98. The van der Waals surface area contributed by atoms with Crippen molar-refractivity contribution < 1.29 is 32.0 Å². The van der Waals surface area contributed by atoms with Crippen LogP contribution in [0.2, 0.25) is 0 Å². The van der Waals surface area contributed by atoms with Crippen LogP contribution in [0.25, 0.3) is 11.4 Å². The van der Waals surface area contributed by atoms with Crippen molar-refractivity contribution in [3.05, 3.63) is 35.2 Å². The summed E-state index contributed by atoms with van der Waals surface area (Å²) in [5.41, 5.74) is 1.46. The van der Waals surface area contributed by atoms with Crippen LogP contribution in [0.15, 0.2) is 22.7 Å². The Morgan fingerprint density at radius 2 is 1.89 bits per heavy atom. The first kappa shape index (κ1) is 23.8. The fourth-order valence-corrected chi connectivity index (χ4v) is 5.24. The number of halogens is 3. The van der Waals surface area contributed by atoms with Gasteiger partial charge in [0.25, 0.3) is 5.91 Å². The van der Waals surface area contributed by atoms with Crippen LogP contribution in [-0.2, 0) is 22.3 Å². The third-order valence-corrected chi connectivity index (χ3v) is 7.05. The van der Waals surface area contributed by atoms with E-state index in [1.165, 1.54) is 6.07 Å². The van der Waals surface area contributed by atoms with Gasteiger partial charge in [0.1, 0.15) is 6.10 Å². The SMILES string of the molecule is O=C(N[C@@H]1CCCC[C@H]1N1Cc2ccc(-c3noc(C(F)(F)F)n3)cc2C1=O)C1CCCCCO1. The number of hydrogen-bond donors (Lipinski definition) is 1. The molecule has 11 heteroatoms. The molecule has 5 rings (SSSR count). The topological polar surface area (TPSA) is 97.6 Å². The van der Waals surface area contributed by atoms with Crippen molar-refractivity contribution in [2.75, 3.05) is 6.61 Å². The highest BCUT2D eigenvalue weighted by Gasteiger charge is 2.41. The summed E-state index contributed by atoms with van der Waals surface area (Å²) in [7, 11) is 0. The molecule has 1 aromatic heterocycles. The van der Waals surface area contributed by atoms with Gasteiger partial charge >= 0.3 is 12.1 Å². The van der Waals surface area contributed by atoms with Crippen LogP contribution in [-0.4, -0.2) is 51.6 Å². The summed E-state index contributed by atoms with van der Waals surface area (Å²) in [6.45, 7) is 0.963. The van der Waals surface area contributed by atoms with Crippen LogP contribution in [0.5, 0.6) is 0 Å². The van der Waals surface area contributed by atoms with Gasteiger partial charge in [-0.1, -0.05) is 43.0 Å². The van der Waals surface area contributed by atoms with Crippen molar-refractivity contribution in [1.82, 2.24) is 20.4 Å². The minimum absolute atomic E-state index is 0.118. The molecule has 0 radical (unpaired) electrons. The van der Waals surface area contributed by atoms with Crippen LogP contribution >= 0.6 is 0 Å². The van der Waals surface area contributed by atoms with Gasteiger partial charge in [0.15, 0.2) is 0 Å². The highest BCUT2D eigenvalue weighted by atomic mass is 19.4. The predicted octanol–water partition coefficient (Wildman–Crippen LogP) is 4.10. The molecule has 2 aliphatic heterocycles. The molecular weight excluding hydrogens is 465 g/mol. The third-order valence-electron chi connectivity index (χ3n) is 7.05. The smallest absolute Gasteiger partial charge is 0.368 e. The predicted molar refractivity (Wildman–Crippen MR) is 117 cm³/mol. The van der Waals surface area contributed by atoms with Crippen LogP contribution in [0.4, 0.5) is 13.2 Å². The Balaban J connectivity index is 1.32. The average Bonchev–Trinajstić information content (AvgIpc) is 3.35. The van der Waals surface area contributed by atoms with Gasteiger partial charge in [-0.15, -0.1) is 0 Å². The Labute approximate surface area is 200 Å². The van der Waals surface area contributed by atoms with E-state index in [9.17, 15) is 22.8 Å². The van der Waals surface area contributed by atoms with E-state index in [1.54, 1.807) is 17.0 Å². The van der Waals surface area contributed by atoms with E-state index in [1.807, 2.05) is 0 Å². The molecule has 1 saturated heterocycles. The van der Waals surface area contributed by atoms with Crippen molar-refractivity contribution >= 4 is 11.8 Å². The second kappa shape index (κ2) is 9.60. The van der Waals surface area contributed by atoms with E-state index in [0.717, 1.165) is 50.5 Å². The van der Waals surface area contributed by atoms with Gasteiger partial charge in [-0.25, -0.2) is 0 Å². The molecule has 2 aromatic rings. The van der Waals surface area contributed by atoms with E-state index in [4.69, 9.17) is 4.74 Å². The average molecular weight is 492 g/mol. The number of hydrogen-bond acceptors (Lipinski definition) is 6. The molecule has 1 saturated carbocycles.